The van der Waals surface area contributed by atoms with Crippen molar-refractivity contribution >= 4 is 22.5 Å². The van der Waals surface area contributed by atoms with Crippen molar-refractivity contribution in [2.75, 3.05) is 0 Å². The number of carbonyl (C=O) groups is 1. The molecule has 0 bridgehead atoms. The molecule has 1 rings (SSSR count). The summed E-state index contributed by atoms with van der Waals surface area (Å²) in [6, 6.07) is 9.85. The molecule has 12 heavy (non-hydrogen) atoms. The van der Waals surface area contributed by atoms with Crippen molar-refractivity contribution < 1.29 is 9.90 Å². The fourth-order valence-corrected chi connectivity index (χ4v) is 2.70. The first-order valence-corrected chi connectivity index (χ1v) is 6.39. The Bertz CT molecular complexity index is 258. The maximum atomic E-state index is 10.4. The van der Waals surface area contributed by atoms with E-state index in [0.717, 1.165) is 0 Å². The van der Waals surface area contributed by atoms with Gasteiger partial charge >= 0.3 is 79.5 Å². The van der Waals surface area contributed by atoms with E-state index >= 15 is 0 Å². The minimum absolute atomic E-state index is 0.282. The topological polar surface area (TPSA) is 37.3 Å². The minimum atomic E-state index is -0.697. The van der Waals surface area contributed by atoms with Gasteiger partial charge in [-0.25, -0.2) is 0 Å². The molecule has 2 nitrogen and oxygen atoms in total. The van der Waals surface area contributed by atoms with Crippen molar-refractivity contribution in [1.29, 1.82) is 0 Å². The van der Waals surface area contributed by atoms with Crippen molar-refractivity contribution in [2.45, 2.75) is 11.2 Å². The molecule has 1 unspecified atom stereocenters. The molecular weight excluding hydrogens is 213 g/mol. The molecule has 64 valence electrons. The summed E-state index contributed by atoms with van der Waals surface area (Å²) in [4.78, 5) is 10.4. The van der Waals surface area contributed by atoms with Crippen LogP contribution in [0.5, 0.6) is 0 Å². The second kappa shape index (κ2) is 4.31. The first-order chi connectivity index (χ1) is 5.70. The Balaban J connectivity index is 2.65. The molecule has 0 aromatic heterocycles. The summed E-state index contributed by atoms with van der Waals surface area (Å²) in [6.07, 6.45) is 0.282. The van der Waals surface area contributed by atoms with Crippen molar-refractivity contribution in [3.8, 4) is 0 Å². The van der Waals surface area contributed by atoms with Gasteiger partial charge < -0.3 is 0 Å². The third-order valence-corrected chi connectivity index (χ3v) is 4.10. The average molecular weight is 225 g/mol. The van der Waals surface area contributed by atoms with Crippen molar-refractivity contribution in [3.05, 3.63) is 35.9 Å². The number of hydrogen-bond acceptors (Lipinski definition) is 1. The average Bonchev–Trinajstić information content (AvgIpc) is 2.05. The van der Waals surface area contributed by atoms with Gasteiger partial charge in [0.05, 0.1) is 0 Å². The fourth-order valence-electron chi connectivity index (χ4n) is 1.16. The van der Waals surface area contributed by atoms with Crippen molar-refractivity contribution in [1.82, 2.24) is 0 Å². The van der Waals surface area contributed by atoms with Crippen LogP contribution in [0, 0.1) is 0 Å². The van der Waals surface area contributed by atoms with Gasteiger partial charge in [0.25, 0.3) is 0 Å². The second-order valence-corrected chi connectivity index (χ2v) is 5.83. The Kier molecular flexibility index (Phi) is 3.35. The van der Waals surface area contributed by atoms with E-state index < -0.39 is 5.97 Å². The van der Waals surface area contributed by atoms with Gasteiger partial charge in [-0.05, 0) is 0 Å². The van der Waals surface area contributed by atoms with E-state index in [4.69, 9.17) is 5.11 Å². The zero-order valence-electron chi connectivity index (χ0n) is 7.03. The first kappa shape index (κ1) is 9.32. The van der Waals surface area contributed by atoms with E-state index in [9.17, 15) is 4.79 Å². The zero-order valence-corrected chi connectivity index (χ0v) is 11.2. The van der Waals surface area contributed by atoms with Crippen molar-refractivity contribution in [3.63, 3.8) is 0 Å². The normalized spacial score (nSPS) is 12.7. The van der Waals surface area contributed by atoms with E-state index in [1.165, 1.54) is 5.56 Å². The molecule has 1 aromatic carbocycles. The molecule has 0 aliphatic carbocycles. The van der Waals surface area contributed by atoms with Crippen LogP contribution in [0.2, 0.25) is 0 Å². The van der Waals surface area contributed by atoms with Crippen molar-refractivity contribution in [2.24, 2.45) is 0 Å². The summed E-state index contributed by atoms with van der Waals surface area (Å²) in [5.74, 6) is -0.697. The molecule has 1 N–H and O–H groups in total. The van der Waals surface area contributed by atoms with Gasteiger partial charge in [0.2, 0.25) is 0 Å². The van der Waals surface area contributed by atoms with Gasteiger partial charge in [0.15, 0.2) is 0 Å². The van der Waals surface area contributed by atoms with Gasteiger partial charge in [-0.15, -0.1) is 0 Å². The molecule has 1 aromatic rings. The van der Waals surface area contributed by atoms with Gasteiger partial charge in [-0.1, -0.05) is 0 Å². The molecule has 0 saturated heterocycles. The summed E-state index contributed by atoms with van der Waals surface area (Å²) in [5, 5.41) is 8.58. The van der Waals surface area contributed by atoms with Crippen LogP contribution in [-0.2, 0) is 4.79 Å². The third kappa shape index (κ3) is 2.70. The van der Waals surface area contributed by atoms with Crippen LogP contribution in [0.25, 0.3) is 0 Å². The first-order valence-electron chi connectivity index (χ1n) is 3.97. The second-order valence-electron chi connectivity index (χ2n) is 2.91. The van der Waals surface area contributed by atoms with Gasteiger partial charge in [-0.3, -0.25) is 0 Å². The van der Waals surface area contributed by atoms with Gasteiger partial charge in [0.1, 0.15) is 0 Å². The number of carboxylic acid groups (broad SMARTS) is 1. The molecule has 0 aliphatic rings. The monoisotopic (exact) mass is 226 g/mol. The molecular formula is C9H12GeO2. The van der Waals surface area contributed by atoms with Crippen LogP contribution in [0.4, 0.5) is 0 Å². The van der Waals surface area contributed by atoms with E-state index in [2.05, 4.69) is 0 Å². The van der Waals surface area contributed by atoms with Crippen LogP contribution in [-0.4, -0.2) is 27.6 Å². The van der Waals surface area contributed by atoms with Crippen LogP contribution >= 0.6 is 0 Å². The van der Waals surface area contributed by atoms with E-state index in [-0.39, 0.29) is 11.2 Å². The Labute approximate surface area is 79.8 Å². The molecule has 0 saturated carbocycles. The summed E-state index contributed by atoms with van der Waals surface area (Å²) >= 11 is 0.534. The van der Waals surface area contributed by atoms with Crippen LogP contribution in [0.1, 0.15) is 16.7 Å². The summed E-state index contributed by atoms with van der Waals surface area (Å²) in [6.45, 7) is 0. The zero-order chi connectivity index (χ0) is 8.97. The van der Waals surface area contributed by atoms with Crippen LogP contribution < -0.4 is 0 Å². The van der Waals surface area contributed by atoms with E-state index in [1.54, 1.807) is 0 Å². The number of benzene rings is 1. The maximum absolute atomic E-state index is 10.4. The number of rotatable bonds is 3. The predicted molar refractivity (Wildman–Crippen MR) is 51.4 cm³/mol. The van der Waals surface area contributed by atoms with Crippen LogP contribution in [0.15, 0.2) is 30.3 Å². The number of aliphatic carboxylic acids is 1. The molecule has 0 radical (unpaired) electrons. The Hall–Kier alpha value is -0.767. The molecule has 0 fully saturated rings. The molecule has 0 heterocycles. The Morgan fingerprint density at radius 2 is 2.00 bits per heavy atom. The van der Waals surface area contributed by atoms with Gasteiger partial charge in [0, 0.05) is 0 Å². The van der Waals surface area contributed by atoms with Crippen LogP contribution in [0.3, 0.4) is 0 Å². The summed E-state index contributed by atoms with van der Waals surface area (Å²) in [7, 11) is 0. The predicted octanol–water partition coefficient (Wildman–Crippen LogP) is 0.568. The van der Waals surface area contributed by atoms with E-state index in [0.29, 0.717) is 16.5 Å². The Morgan fingerprint density at radius 3 is 2.50 bits per heavy atom. The molecule has 3 heteroatoms. The number of carboxylic acids is 1. The number of hydrogen-bond donors (Lipinski definition) is 1. The molecule has 0 aliphatic heterocycles. The third-order valence-electron chi connectivity index (χ3n) is 1.85. The standard InChI is InChI=1S/C9H12GeO2/c10-8(6-9(11)12)7-4-2-1-3-5-7/h1-5,8H,6H2,10H3,(H,11,12). The van der Waals surface area contributed by atoms with E-state index in [1.807, 2.05) is 30.3 Å². The molecule has 0 amide bonds. The Morgan fingerprint density at radius 1 is 1.42 bits per heavy atom. The SMILES string of the molecule is O=C(O)C[CH]([GeH3])c1ccccc1. The summed E-state index contributed by atoms with van der Waals surface area (Å²) < 4.78 is 0.288. The quantitative estimate of drug-likeness (QED) is 0.763. The fraction of sp³-hybridized carbons (Fsp3) is 0.222. The summed E-state index contributed by atoms with van der Waals surface area (Å²) in [5.41, 5.74) is 1.17. The molecule has 0 spiro atoms. The molecule has 1 atom stereocenters. The van der Waals surface area contributed by atoms with Gasteiger partial charge in [-0.2, -0.15) is 0 Å².